The van der Waals surface area contributed by atoms with E-state index in [1.165, 1.54) is 18.2 Å². The molecule has 0 aromatic heterocycles. The molecular weight excluding hydrogens is 311 g/mol. The summed E-state index contributed by atoms with van der Waals surface area (Å²) in [6.45, 7) is 2.41. The van der Waals surface area contributed by atoms with Crippen LogP contribution < -0.4 is 4.72 Å². The third kappa shape index (κ3) is 4.02. The van der Waals surface area contributed by atoms with Crippen molar-refractivity contribution in [3.05, 3.63) is 30.1 Å². The summed E-state index contributed by atoms with van der Waals surface area (Å²) in [5, 5.41) is 8.82. The van der Waals surface area contributed by atoms with Crippen molar-refractivity contribution in [1.82, 2.24) is 9.62 Å². The molecule has 1 fully saturated rings. The normalized spacial score (nSPS) is 21.6. The number of nitrogens with zero attached hydrogens (tertiary/aromatic N) is 1. The highest BCUT2D eigenvalue weighted by molar-refractivity contribution is 7.89. The molecule has 0 saturated heterocycles. The van der Waals surface area contributed by atoms with Crippen LogP contribution in [0.15, 0.2) is 29.2 Å². The summed E-state index contributed by atoms with van der Waals surface area (Å²) >= 11 is 0. The Balaban J connectivity index is 1.93. The molecule has 22 heavy (non-hydrogen) atoms. The van der Waals surface area contributed by atoms with Crippen LogP contribution in [-0.4, -0.2) is 49.6 Å². The van der Waals surface area contributed by atoms with Gasteiger partial charge in [0.15, 0.2) is 0 Å². The number of carbonyl (C=O) groups is 1. The van der Waals surface area contributed by atoms with Crippen LogP contribution in [-0.2, 0) is 14.8 Å². The molecule has 0 amide bonds. The highest BCUT2D eigenvalue weighted by Crippen LogP contribution is 2.27. The van der Waals surface area contributed by atoms with Gasteiger partial charge in [0, 0.05) is 12.1 Å². The van der Waals surface area contributed by atoms with E-state index < -0.39 is 21.8 Å². The van der Waals surface area contributed by atoms with E-state index >= 15 is 0 Å². The summed E-state index contributed by atoms with van der Waals surface area (Å²) in [4.78, 5) is 12.4. The third-order valence-corrected chi connectivity index (χ3v) is 5.32. The average molecular weight is 330 g/mol. The third-order valence-electron chi connectivity index (χ3n) is 3.80. The smallest absolute Gasteiger partial charge is 0.317 e. The van der Waals surface area contributed by atoms with Crippen LogP contribution in [0.1, 0.15) is 19.8 Å². The molecule has 1 aromatic carbocycles. The molecule has 6 nitrogen and oxygen atoms in total. The Hall–Kier alpha value is -1.51. The molecule has 2 N–H and O–H groups in total. The van der Waals surface area contributed by atoms with Gasteiger partial charge in [0.25, 0.3) is 0 Å². The first-order valence-corrected chi connectivity index (χ1v) is 8.54. The quantitative estimate of drug-likeness (QED) is 0.780. The first-order chi connectivity index (χ1) is 10.3. The van der Waals surface area contributed by atoms with Crippen LogP contribution in [0.3, 0.4) is 0 Å². The van der Waals surface area contributed by atoms with E-state index in [9.17, 15) is 17.6 Å². The van der Waals surface area contributed by atoms with E-state index in [-0.39, 0.29) is 23.5 Å². The van der Waals surface area contributed by atoms with Gasteiger partial charge < -0.3 is 5.11 Å². The first-order valence-electron chi connectivity index (χ1n) is 7.05. The standard InChI is InChI=1S/C14H19FN2O4S/c1-2-17(9-14(18)19)12-7-11(8-12)16-22(20,21)13-5-3-4-10(15)6-13/h3-6,11-12,16H,2,7-9H2,1H3,(H,18,19). The van der Waals surface area contributed by atoms with Gasteiger partial charge >= 0.3 is 5.97 Å². The van der Waals surface area contributed by atoms with Crippen molar-refractivity contribution in [1.29, 1.82) is 0 Å². The number of carboxylic acids is 1. The molecule has 0 unspecified atom stereocenters. The van der Waals surface area contributed by atoms with Crippen molar-refractivity contribution in [3.8, 4) is 0 Å². The molecule has 0 bridgehead atoms. The Labute approximate surface area is 129 Å². The zero-order valence-corrected chi connectivity index (χ0v) is 13.0. The lowest BCUT2D eigenvalue weighted by atomic mass is 9.86. The molecule has 0 radical (unpaired) electrons. The topological polar surface area (TPSA) is 86.7 Å². The zero-order valence-electron chi connectivity index (χ0n) is 12.2. The van der Waals surface area contributed by atoms with Crippen molar-refractivity contribution in [3.63, 3.8) is 0 Å². The maximum Gasteiger partial charge on any atom is 0.317 e. The van der Waals surface area contributed by atoms with E-state index in [4.69, 9.17) is 5.11 Å². The molecule has 0 aliphatic heterocycles. The van der Waals surface area contributed by atoms with Crippen molar-refractivity contribution < 1.29 is 22.7 Å². The Morgan fingerprint density at radius 2 is 2.14 bits per heavy atom. The Bertz CT molecular complexity index is 644. The lowest BCUT2D eigenvalue weighted by Gasteiger charge is -2.42. The summed E-state index contributed by atoms with van der Waals surface area (Å²) in [7, 11) is -3.75. The number of rotatable bonds is 7. The SMILES string of the molecule is CCN(CC(=O)O)C1CC(NS(=O)(=O)c2cccc(F)c2)C1. The van der Waals surface area contributed by atoms with E-state index in [1.807, 2.05) is 6.92 Å². The van der Waals surface area contributed by atoms with Gasteiger partial charge in [-0.25, -0.2) is 17.5 Å². The van der Waals surface area contributed by atoms with Crippen molar-refractivity contribution in [2.24, 2.45) is 0 Å². The van der Waals surface area contributed by atoms with Gasteiger partial charge in [-0.3, -0.25) is 9.69 Å². The number of carboxylic acid groups (broad SMARTS) is 1. The predicted molar refractivity (Wildman–Crippen MR) is 78.4 cm³/mol. The summed E-state index contributed by atoms with van der Waals surface area (Å²) < 4.78 is 39.9. The summed E-state index contributed by atoms with van der Waals surface area (Å²) in [5.74, 6) is -1.50. The summed E-state index contributed by atoms with van der Waals surface area (Å²) in [6.07, 6.45) is 1.10. The second-order valence-corrected chi connectivity index (χ2v) is 7.07. The molecule has 1 saturated carbocycles. The number of sulfonamides is 1. The van der Waals surface area contributed by atoms with Gasteiger partial charge in [0.2, 0.25) is 10.0 Å². The Morgan fingerprint density at radius 1 is 1.45 bits per heavy atom. The van der Waals surface area contributed by atoms with Crippen LogP contribution in [0.5, 0.6) is 0 Å². The Morgan fingerprint density at radius 3 is 2.68 bits per heavy atom. The molecule has 122 valence electrons. The molecule has 2 rings (SSSR count). The van der Waals surface area contributed by atoms with E-state index in [0.717, 1.165) is 6.07 Å². The fourth-order valence-corrected chi connectivity index (χ4v) is 3.87. The monoisotopic (exact) mass is 330 g/mol. The van der Waals surface area contributed by atoms with E-state index in [1.54, 1.807) is 4.90 Å². The maximum atomic E-state index is 13.1. The number of hydrogen-bond donors (Lipinski definition) is 2. The molecule has 8 heteroatoms. The van der Waals surface area contributed by atoms with Crippen molar-refractivity contribution in [2.75, 3.05) is 13.1 Å². The average Bonchev–Trinajstić information content (AvgIpc) is 2.40. The Kier molecular flexibility index (Phi) is 5.15. The largest absolute Gasteiger partial charge is 0.480 e. The lowest BCUT2D eigenvalue weighted by Crippen LogP contribution is -2.54. The van der Waals surface area contributed by atoms with E-state index in [0.29, 0.717) is 19.4 Å². The van der Waals surface area contributed by atoms with Crippen LogP contribution in [0.4, 0.5) is 4.39 Å². The van der Waals surface area contributed by atoms with Crippen LogP contribution in [0.25, 0.3) is 0 Å². The zero-order chi connectivity index (χ0) is 16.3. The minimum Gasteiger partial charge on any atom is -0.480 e. The van der Waals surface area contributed by atoms with Gasteiger partial charge in [-0.05, 0) is 37.6 Å². The van der Waals surface area contributed by atoms with Crippen LogP contribution in [0, 0.1) is 5.82 Å². The molecular formula is C14H19FN2O4S. The van der Waals surface area contributed by atoms with Gasteiger partial charge in [-0.1, -0.05) is 13.0 Å². The molecule has 1 aliphatic rings. The molecule has 0 atom stereocenters. The second kappa shape index (κ2) is 6.72. The van der Waals surface area contributed by atoms with E-state index in [2.05, 4.69) is 4.72 Å². The number of hydrogen-bond acceptors (Lipinski definition) is 4. The number of nitrogens with one attached hydrogen (secondary N) is 1. The number of benzene rings is 1. The summed E-state index contributed by atoms with van der Waals surface area (Å²) in [6, 6.07) is 4.65. The minimum absolute atomic E-state index is 0.0511. The van der Waals surface area contributed by atoms with Gasteiger partial charge in [0.05, 0.1) is 11.4 Å². The predicted octanol–water partition coefficient (Wildman–Crippen LogP) is 1.04. The molecule has 1 aromatic rings. The first kappa shape index (κ1) is 16.9. The van der Waals surface area contributed by atoms with Gasteiger partial charge in [-0.2, -0.15) is 0 Å². The highest BCUT2D eigenvalue weighted by Gasteiger charge is 2.36. The number of aliphatic carboxylic acids is 1. The van der Waals surface area contributed by atoms with Gasteiger partial charge in [0.1, 0.15) is 5.82 Å². The second-order valence-electron chi connectivity index (χ2n) is 5.36. The van der Waals surface area contributed by atoms with Gasteiger partial charge in [-0.15, -0.1) is 0 Å². The fourth-order valence-electron chi connectivity index (χ4n) is 2.58. The van der Waals surface area contributed by atoms with Crippen molar-refractivity contribution in [2.45, 2.75) is 36.7 Å². The molecule has 1 aliphatic carbocycles. The summed E-state index contributed by atoms with van der Waals surface area (Å²) in [5.41, 5.74) is 0. The lowest BCUT2D eigenvalue weighted by molar-refractivity contribution is -0.139. The van der Waals surface area contributed by atoms with Crippen molar-refractivity contribution >= 4 is 16.0 Å². The number of likely N-dealkylation sites (N-methyl/N-ethyl adjacent to an activating group) is 1. The maximum absolute atomic E-state index is 13.1. The van der Waals surface area contributed by atoms with Crippen LogP contribution in [0.2, 0.25) is 0 Å². The fraction of sp³-hybridized carbons (Fsp3) is 0.500. The minimum atomic E-state index is -3.75. The molecule has 0 heterocycles. The number of halogens is 1. The molecule has 0 spiro atoms. The highest BCUT2D eigenvalue weighted by atomic mass is 32.2. The van der Waals surface area contributed by atoms with Crippen LogP contribution >= 0.6 is 0 Å².